The number of thiophene rings is 1. The fraction of sp³-hybridized carbons (Fsp3) is 0. The van der Waals surface area contributed by atoms with Gasteiger partial charge in [-0.15, -0.1) is 11.3 Å². The van der Waals surface area contributed by atoms with Crippen LogP contribution in [0.15, 0.2) is 180 Å². The molecule has 56 heavy (non-hydrogen) atoms. The minimum absolute atomic E-state index is 0.619. The lowest BCUT2D eigenvalue weighted by Gasteiger charge is -2.09. The molecule has 0 amide bonds. The van der Waals surface area contributed by atoms with E-state index in [0.717, 1.165) is 82.2 Å². The molecule has 0 fully saturated rings. The van der Waals surface area contributed by atoms with Crippen molar-refractivity contribution >= 4 is 53.6 Å². The molecule has 0 saturated carbocycles. The zero-order valence-corrected chi connectivity index (χ0v) is 30.6. The van der Waals surface area contributed by atoms with E-state index in [0.29, 0.717) is 23.3 Å². The number of para-hydroxylation sites is 1. The zero-order valence-electron chi connectivity index (χ0n) is 29.8. The molecule has 11 rings (SSSR count). The van der Waals surface area contributed by atoms with E-state index in [1.165, 1.54) is 4.70 Å². The van der Waals surface area contributed by atoms with E-state index < -0.39 is 0 Å². The maximum Gasteiger partial charge on any atom is 0.164 e. The van der Waals surface area contributed by atoms with Crippen molar-refractivity contribution in [2.45, 2.75) is 0 Å². The molecule has 11 aromatic rings. The van der Waals surface area contributed by atoms with Crippen molar-refractivity contribution in [3.8, 4) is 67.9 Å². The molecule has 0 aliphatic heterocycles. The number of fused-ring (bicyclic) bond motifs is 6. The van der Waals surface area contributed by atoms with Gasteiger partial charge in [0.2, 0.25) is 0 Å². The van der Waals surface area contributed by atoms with Gasteiger partial charge in [-0.05, 0) is 29.3 Å². The van der Waals surface area contributed by atoms with Gasteiger partial charge in [-0.1, -0.05) is 158 Å². The lowest BCUT2D eigenvalue weighted by molar-refractivity contribution is 0.670. The number of nitrogens with zero attached hydrogens (tertiary/aromatic N) is 5. The van der Waals surface area contributed by atoms with Gasteiger partial charge in [0.05, 0.1) is 15.9 Å². The Kier molecular flexibility index (Phi) is 7.57. The van der Waals surface area contributed by atoms with E-state index in [9.17, 15) is 0 Å². The third-order valence-electron chi connectivity index (χ3n) is 10.2. The Balaban J connectivity index is 1.05. The van der Waals surface area contributed by atoms with Gasteiger partial charge in [-0.3, -0.25) is 0 Å². The molecule has 0 radical (unpaired) electrons. The molecule has 0 unspecified atom stereocenters. The minimum atomic E-state index is 0.619. The quantitative estimate of drug-likeness (QED) is 0.169. The Morgan fingerprint density at radius 1 is 0.375 bits per heavy atom. The number of furan rings is 1. The summed E-state index contributed by atoms with van der Waals surface area (Å²) in [6, 6.07) is 59.8. The maximum absolute atomic E-state index is 6.79. The molecule has 6 nitrogen and oxygen atoms in total. The first-order valence-electron chi connectivity index (χ1n) is 18.4. The van der Waals surface area contributed by atoms with Gasteiger partial charge >= 0.3 is 0 Å². The standard InChI is InChI=1S/C49H29N5OS/c1-4-14-31(15-5-1)46-50-42-36-20-10-11-25-40(36)56-45(42)43(51-46)38-23-12-22-37-41-35(21-13-24-39(41)55-44(37)38)30-26-28-34(29-27-30)49-53-47(32-16-6-2-7-17-32)52-48(54-49)33-18-8-3-9-19-33/h1-29H. The molecule has 0 aliphatic carbocycles. The molecule has 0 bridgehead atoms. The van der Waals surface area contributed by atoms with Crippen molar-refractivity contribution in [2.24, 2.45) is 0 Å². The largest absolute Gasteiger partial charge is 0.455 e. The van der Waals surface area contributed by atoms with E-state index in [2.05, 4.69) is 91.0 Å². The first-order chi connectivity index (χ1) is 27.7. The van der Waals surface area contributed by atoms with Crippen LogP contribution in [0, 0.1) is 0 Å². The van der Waals surface area contributed by atoms with Crippen LogP contribution in [-0.4, -0.2) is 24.9 Å². The average molecular weight is 736 g/mol. The van der Waals surface area contributed by atoms with Gasteiger partial charge in [0.1, 0.15) is 11.2 Å². The average Bonchev–Trinajstić information content (AvgIpc) is 3.86. The van der Waals surface area contributed by atoms with Crippen LogP contribution in [0.5, 0.6) is 0 Å². The topological polar surface area (TPSA) is 77.6 Å². The SMILES string of the molecule is c1ccc(-c2nc(-c3ccccc3)nc(-c3ccc(-c4cccc5oc6c(-c7nc(-c8ccccc8)nc8c7sc7ccccc78)cccc6c45)cc3)n2)cc1. The molecule has 0 N–H and O–H groups in total. The number of aromatic nitrogens is 5. The second-order valence-electron chi connectivity index (χ2n) is 13.6. The van der Waals surface area contributed by atoms with Crippen molar-refractivity contribution < 1.29 is 4.42 Å². The number of benzene rings is 7. The summed E-state index contributed by atoms with van der Waals surface area (Å²) in [7, 11) is 0. The minimum Gasteiger partial charge on any atom is -0.455 e. The monoisotopic (exact) mass is 735 g/mol. The molecule has 262 valence electrons. The predicted octanol–water partition coefficient (Wildman–Crippen LogP) is 12.9. The molecule has 7 heteroatoms. The predicted molar refractivity (Wildman–Crippen MR) is 228 cm³/mol. The number of rotatable bonds is 6. The van der Waals surface area contributed by atoms with Crippen molar-refractivity contribution in [2.75, 3.05) is 0 Å². The van der Waals surface area contributed by atoms with E-state index in [1.54, 1.807) is 11.3 Å². The highest BCUT2D eigenvalue weighted by atomic mass is 32.1. The first kappa shape index (κ1) is 32.1. The van der Waals surface area contributed by atoms with Gasteiger partial charge < -0.3 is 4.42 Å². The molecule has 7 aromatic carbocycles. The van der Waals surface area contributed by atoms with E-state index in [1.807, 2.05) is 84.9 Å². The highest BCUT2D eigenvalue weighted by Gasteiger charge is 2.22. The second-order valence-corrected chi connectivity index (χ2v) is 14.7. The third kappa shape index (κ3) is 5.44. The van der Waals surface area contributed by atoms with Crippen molar-refractivity contribution in [1.82, 2.24) is 24.9 Å². The summed E-state index contributed by atoms with van der Waals surface area (Å²) in [5.41, 5.74) is 10.3. The summed E-state index contributed by atoms with van der Waals surface area (Å²) in [6.07, 6.45) is 0. The first-order valence-corrected chi connectivity index (χ1v) is 19.2. The summed E-state index contributed by atoms with van der Waals surface area (Å²) >= 11 is 1.72. The van der Waals surface area contributed by atoms with E-state index in [4.69, 9.17) is 29.3 Å². The normalized spacial score (nSPS) is 11.6. The highest BCUT2D eigenvalue weighted by molar-refractivity contribution is 7.26. The zero-order chi connectivity index (χ0) is 37.0. The third-order valence-corrected chi connectivity index (χ3v) is 11.3. The van der Waals surface area contributed by atoms with Crippen LogP contribution in [0.25, 0.3) is 110 Å². The van der Waals surface area contributed by atoms with Crippen LogP contribution in [0.2, 0.25) is 0 Å². The fourth-order valence-corrected chi connectivity index (χ4v) is 8.65. The molecule has 0 atom stereocenters. The summed E-state index contributed by atoms with van der Waals surface area (Å²) in [6.45, 7) is 0. The summed E-state index contributed by atoms with van der Waals surface area (Å²) in [4.78, 5) is 25.1. The summed E-state index contributed by atoms with van der Waals surface area (Å²) in [5, 5.41) is 3.21. The lowest BCUT2D eigenvalue weighted by Crippen LogP contribution is -2.00. The molecular formula is C49H29N5OS. The maximum atomic E-state index is 6.79. The Bertz CT molecular complexity index is 3180. The summed E-state index contributed by atoms with van der Waals surface area (Å²) in [5.74, 6) is 2.58. The highest BCUT2D eigenvalue weighted by Crippen LogP contribution is 2.44. The Hall–Kier alpha value is -7.35. The molecule has 4 heterocycles. The van der Waals surface area contributed by atoms with E-state index in [-0.39, 0.29) is 0 Å². The summed E-state index contributed by atoms with van der Waals surface area (Å²) < 4.78 is 9.01. The van der Waals surface area contributed by atoms with Crippen molar-refractivity contribution in [3.05, 3.63) is 176 Å². The second kappa shape index (κ2) is 13.2. The van der Waals surface area contributed by atoms with Crippen molar-refractivity contribution in [3.63, 3.8) is 0 Å². The van der Waals surface area contributed by atoms with Crippen LogP contribution >= 0.6 is 11.3 Å². The fourth-order valence-electron chi connectivity index (χ4n) is 7.50. The Morgan fingerprint density at radius 2 is 0.875 bits per heavy atom. The van der Waals surface area contributed by atoms with Crippen LogP contribution < -0.4 is 0 Å². The van der Waals surface area contributed by atoms with Gasteiger partial charge in [0.15, 0.2) is 23.3 Å². The number of hydrogen-bond acceptors (Lipinski definition) is 7. The molecule has 4 aromatic heterocycles. The Labute approximate surface area is 325 Å². The van der Waals surface area contributed by atoms with Crippen molar-refractivity contribution in [1.29, 1.82) is 0 Å². The molecule has 0 saturated heterocycles. The molecular weight excluding hydrogens is 707 g/mol. The molecule has 0 spiro atoms. The van der Waals surface area contributed by atoms with Crippen LogP contribution in [-0.2, 0) is 0 Å². The van der Waals surface area contributed by atoms with Gasteiger partial charge in [0, 0.05) is 48.7 Å². The number of hydrogen-bond donors (Lipinski definition) is 0. The van der Waals surface area contributed by atoms with Gasteiger partial charge in [-0.25, -0.2) is 24.9 Å². The molecule has 0 aliphatic rings. The van der Waals surface area contributed by atoms with Gasteiger partial charge in [0.25, 0.3) is 0 Å². The van der Waals surface area contributed by atoms with E-state index >= 15 is 0 Å². The van der Waals surface area contributed by atoms with Crippen LogP contribution in [0.4, 0.5) is 0 Å². The van der Waals surface area contributed by atoms with Crippen LogP contribution in [0.1, 0.15) is 0 Å². The van der Waals surface area contributed by atoms with Gasteiger partial charge in [-0.2, -0.15) is 0 Å². The lowest BCUT2D eigenvalue weighted by atomic mass is 9.97. The smallest absolute Gasteiger partial charge is 0.164 e. The Morgan fingerprint density at radius 3 is 1.52 bits per heavy atom. The van der Waals surface area contributed by atoms with Crippen LogP contribution in [0.3, 0.4) is 0 Å².